The molecule has 1 aliphatic rings. The number of rotatable bonds is 3. The quantitative estimate of drug-likeness (QED) is 0.944. The average Bonchev–Trinajstić information content (AvgIpc) is 2.74. The van der Waals surface area contributed by atoms with Gasteiger partial charge in [-0.2, -0.15) is 0 Å². The lowest BCUT2D eigenvalue weighted by atomic mass is 10.00. The number of nitrogens with zero attached hydrogens (tertiary/aromatic N) is 2. The first kappa shape index (κ1) is 14.7. The van der Waals surface area contributed by atoms with Crippen molar-refractivity contribution in [1.82, 2.24) is 15.2 Å². The Morgan fingerprint density at radius 3 is 2.86 bits per heavy atom. The van der Waals surface area contributed by atoms with Crippen molar-refractivity contribution >= 4 is 11.3 Å². The fraction of sp³-hybridized carbons (Fsp3) is 0.471. The Kier molecular flexibility index (Phi) is 4.68. The molecule has 21 heavy (non-hydrogen) atoms. The van der Waals surface area contributed by atoms with Crippen LogP contribution in [0.15, 0.2) is 30.6 Å². The highest BCUT2D eigenvalue weighted by Gasteiger charge is 2.25. The second kappa shape index (κ2) is 6.69. The van der Waals surface area contributed by atoms with Gasteiger partial charge in [0.05, 0.1) is 6.04 Å². The fourth-order valence-corrected chi connectivity index (χ4v) is 4.08. The van der Waals surface area contributed by atoms with Crippen molar-refractivity contribution in [3.8, 4) is 0 Å². The molecule has 1 aliphatic heterocycles. The molecule has 2 aromatic rings. The van der Waals surface area contributed by atoms with E-state index in [0.29, 0.717) is 6.04 Å². The maximum absolute atomic E-state index is 4.26. The largest absolute Gasteiger partial charge is 0.315 e. The van der Waals surface area contributed by atoms with Gasteiger partial charge in [0, 0.05) is 41.8 Å². The topological polar surface area (TPSA) is 28.2 Å². The van der Waals surface area contributed by atoms with Crippen molar-refractivity contribution < 1.29 is 0 Å². The SMILES string of the molecule is Cc1ccc(C(c2ccncc2C)N2CCCNCC2)s1. The molecule has 0 bridgehead atoms. The van der Waals surface area contributed by atoms with Crippen LogP contribution in [-0.4, -0.2) is 36.1 Å². The third-order valence-corrected chi connectivity index (χ3v) is 5.18. The second-order valence-electron chi connectivity index (χ2n) is 5.72. The molecule has 3 nitrogen and oxygen atoms in total. The predicted molar refractivity (Wildman–Crippen MR) is 88.9 cm³/mol. The summed E-state index contributed by atoms with van der Waals surface area (Å²) in [6.45, 7) is 8.81. The monoisotopic (exact) mass is 301 g/mol. The Balaban J connectivity index is 2.00. The summed E-state index contributed by atoms with van der Waals surface area (Å²) in [5.41, 5.74) is 2.68. The van der Waals surface area contributed by atoms with Gasteiger partial charge in [0.25, 0.3) is 0 Å². The molecule has 0 saturated carbocycles. The highest BCUT2D eigenvalue weighted by atomic mass is 32.1. The zero-order chi connectivity index (χ0) is 14.7. The lowest BCUT2D eigenvalue weighted by Gasteiger charge is -2.31. The Labute approximate surface area is 131 Å². The summed E-state index contributed by atoms with van der Waals surface area (Å²) < 4.78 is 0. The summed E-state index contributed by atoms with van der Waals surface area (Å²) in [6.07, 6.45) is 5.12. The molecule has 1 unspecified atom stereocenters. The molecule has 112 valence electrons. The Hall–Kier alpha value is -1.23. The zero-order valence-corrected chi connectivity index (χ0v) is 13.6. The first-order valence-electron chi connectivity index (χ1n) is 7.67. The molecule has 1 atom stereocenters. The van der Waals surface area contributed by atoms with Gasteiger partial charge >= 0.3 is 0 Å². The Morgan fingerprint density at radius 1 is 1.19 bits per heavy atom. The highest BCUT2D eigenvalue weighted by Crippen LogP contribution is 2.34. The van der Waals surface area contributed by atoms with E-state index >= 15 is 0 Å². The van der Waals surface area contributed by atoms with Crippen LogP contribution in [-0.2, 0) is 0 Å². The standard InChI is InChI=1S/C17H23N3S/c1-13-12-19-8-6-15(13)17(16-5-4-14(2)21-16)20-10-3-7-18-9-11-20/h4-6,8,12,17-18H,3,7,9-11H2,1-2H3. The third kappa shape index (κ3) is 3.34. The van der Waals surface area contributed by atoms with E-state index in [4.69, 9.17) is 0 Å². The normalized spacial score (nSPS) is 18.4. The molecule has 2 aromatic heterocycles. The summed E-state index contributed by atoms with van der Waals surface area (Å²) in [7, 11) is 0. The van der Waals surface area contributed by atoms with Crippen LogP contribution in [0.1, 0.15) is 33.3 Å². The van der Waals surface area contributed by atoms with Gasteiger partial charge in [0.1, 0.15) is 0 Å². The van der Waals surface area contributed by atoms with Crippen LogP contribution < -0.4 is 5.32 Å². The van der Waals surface area contributed by atoms with Crippen molar-refractivity contribution in [3.05, 3.63) is 51.5 Å². The molecular formula is C17H23N3S. The number of nitrogens with one attached hydrogen (secondary N) is 1. The van der Waals surface area contributed by atoms with Crippen LogP contribution in [0.5, 0.6) is 0 Å². The van der Waals surface area contributed by atoms with Crippen LogP contribution in [0.25, 0.3) is 0 Å². The maximum Gasteiger partial charge on any atom is 0.0700 e. The summed E-state index contributed by atoms with van der Waals surface area (Å²) in [5.74, 6) is 0. The van der Waals surface area contributed by atoms with Crippen molar-refractivity contribution in [3.63, 3.8) is 0 Å². The van der Waals surface area contributed by atoms with E-state index in [1.165, 1.54) is 27.3 Å². The van der Waals surface area contributed by atoms with Crippen LogP contribution in [0.4, 0.5) is 0 Å². The molecule has 0 aromatic carbocycles. The van der Waals surface area contributed by atoms with Gasteiger partial charge in [0.2, 0.25) is 0 Å². The van der Waals surface area contributed by atoms with E-state index in [2.05, 4.69) is 47.2 Å². The molecule has 0 spiro atoms. The minimum absolute atomic E-state index is 0.367. The number of hydrogen-bond donors (Lipinski definition) is 1. The summed E-state index contributed by atoms with van der Waals surface area (Å²) in [4.78, 5) is 9.71. The lowest BCUT2D eigenvalue weighted by Crippen LogP contribution is -2.33. The average molecular weight is 301 g/mol. The van der Waals surface area contributed by atoms with Gasteiger partial charge < -0.3 is 5.32 Å². The first-order valence-corrected chi connectivity index (χ1v) is 8.49. The number of aryl methyl sites for hydroxylation is 2. The molecule has 1 fully saturated rings. The van der Waals surface area contributed by atoms with E-state index in [-0.39, 0.29) is 0 Å². The lowest BCUT2D eigenvalue weighted by molar-refractivity contribution is 0.243. The molecule has 0 aliphatic carbocycles. The van der Waals surface area contributed by atoms with Gasteiger partial charge in [-0.3, -0.25) is 9.88 Å². The minimum atomic E-state index is 0.367. The molecule has 1 saturated heterocycles. The zero-order valence-electron chi connectivity index (χ0n) is 12.8. The number of aromatic nitrogens is 1. The smallest absolute Gasteiger partial charge is 0.0700 e. The summed E-state index contributed by atoms with van der Waals surface area (Å²) >= 11 is 1.92. The van der Waals surface area contributed by atoms with Gasteiger partial charge in [-0.05, 0) is 56.1 Å². The van der Waals surface area contributed by atoms with Crippen LogP contribution >= 0.6 is 11.3 Å². The highest BCUT2D eigenvalue weighted by molar-refractivity contribution is 7.12. The van der Waals surface area contributed by atoms with Gasteiger partial charge in [-0.1, -0.05) is 0 Å². The second-order valence-corrected chi connectivity index (χ2v) is 7.04. The van der Waals surface area contributed by atoms with E-state index in [9.17, 15) is 0 Å². The van der Waals surface area contributed by atoms with Crippen molar-refractivity contribution in [1.29, 1.82) is 0 Å². The summed E-state index contributed by atoms with van der Waals surface area (Å²) in [5, 5.41) is 3.50. The molecule has 1 N–H and O–H groups in total. The van der Waals surface area contributed by atoms with Crippen LogP contribution in [0.2, 0.25) is 0 Å². The van der Waals surface area contributed by atoms with Gasteiger partial charge in [-0.15, -0.1) is 11.3 Å². The predicted octanol–water partition coefficient (Wildman–Crippen LogP) is 3.14. The van der Waals surface area contributed by atoms with E-state index in [1.54, 1.807) is 0 Å². The Bertz CT molecular complexity index is 585. The number of thiophene rings is 1. The molecule has 3 rings (SSSR count). The third-order valence-electron chi connectivity index (χ3n) is 4.13. The fourth-order valence-electron chi connectivity index (χ4n) is 3.05. The molecule has 0 amide bonds. The summed E-state index contributed by atoms with van der Waals surface area (Å²) in [6, 6.07) is 7.09. The molecular weight excluding hydrogens is 278 g/mol. The van der Waals surface area contributed by atoms with Gasteiger partial charge in [0.15, 0.2) is 0 Å². The number of hydrogen-bond acceptors (Lipinski definition) is 4. The first-order chi connectivity index (χ1) is 10.3. The van der Waals surface area contributed by atoms with Crippen LogP contribution in [0.3, 0.4) is 0 Å². The minimum Gasteiger partial charge on any atom is -0.315 e. The number of pyridine rings is 1. The Morgan fingerprint density at radius 2 is 2.10 bits per heavy atom. The van der Waals surface area contributed by atoms with Crippen molar-refractivity contribution in [2.24, 2.45) is 0 Å². The van der Waals surface area contributed by atoms with Crippen LogP contribution in [0, 0.1) is 13.8 Å². The van der Waals surface area contributed by atoms with Gasteiger partial charge in [-0.25, -0.2) is 0 Å². The van der Waals surface area contributed by atoms with E-state index in [0.717, 1.165) is 26.2 Å². The molecule has 4 heteroatoms. The maximum atomic E-state index is 4.26. The molecule has 0 radical (unpaired) electrons. The molecule has 3 heterocycles. The van der Waals surface area contributed by atoms with E-state index < -0.39 is 0 Å². The van der Waals surface area contributed by atoms with Crippen molar-refractivity contribution in [2.75, 3.05) is 26.2 Å². The van der Waals surface area contributed by atoms with E-state index in [1.807, 2.05) is 23.7 Å². The van der Waals surface area contributed by atoms with Crippen molar-refractivity contribution in [2.45, 2.75) is 26.3 Å².